The lowest BCUT2D eigenvalue weighted by molar-refractivity contribution is -0.118. The van der Waals surface area contributed by atoms with Gasteiger partial charge in [0.25, 0.3) is 0 Å². The van der Waals surface area contributed by atoms with E-state index in [9.17, 15) is 9.90 Å². The number of hydrogen-bond donors (Lipinski definition) is 2. The second-order valence-corrected chi connectivity index (χ2v) is 8.44. The summed E-state index contributed by atoms with van der Waals surface area (Å²) >= 11 is 1.32. The van der Waals surface area contributed by atoms with Crippen LogP contribution in [0.15, 0.2) is 78.0 Å². The minimum atomic E-state index is -0.0851. The maximum Gasteiger partial charge on any atom is 0.230 e. The number of rotatable bonds is 7. The molecule has 0 bridgehead atoms. The third-order valence-corrected chi connectivity index (χ3v) is 5.97. The van der Waals surface area contributed by atoms with Gasteiger partial charge < -0.3 is 10.4 Å². The summed E-state index contributed by atoms with van der Waals surface area (Å²) < 4.78 is 1.90. The maximum atomic E-state index is 12.5. The van der Waals surface area contributed by atoms with Crippen molar-refractivity contribution in [3.8, 4) is 22.8 Å². The molecule has 0 saturated heterocycles. The van der Waals surface area contributed by atoms with Crippen LogP contribution in [0, 0.1) is 13.8 Å². The van der Waals surface area contributed by atoms with Gasteiger partial charge in [-0.1, -0.05) is 71.9 Å². The first kappa shape index (κ1) is 21.6. The topological polar surface area (TPSA) is 80.0 Å². The lowest BCUT2D eigenvalue weighted by Gasteiger charge is -2.14. The summed E-state index contributed by atoms with van der Waals surface area (Å²) in [6, 6.07) is 23.0. The monoisotopic (exact) mass is 444 g/mol. The number of carbonyl (C=O) groups excluding carboxylic acids is 1. The number of aromatic hydroxyl groups is 1. The Labute approximate surface area is 191 Å². The standard InChI is InChI=1S/C25H24N4O2S/c1-17-12-13-21(18(2)14-17)29-24(20-10-6-7-11-22(20)30)27-28-25(29)32-16-23(31)26-15-19-8-4-3-5-9-19/h3-14,30H,15-16H2,1-2H3,(H,26,31). The van der Waals surface area contributed by atoms with E-state index in [1.165, 1.54) is 11.8 Å². The first-order valence-corrected chi connectivity index (χ1v) is 11.3. The first-order valence-electron chi connectivity index (χ1n) is 10.3. The summed E-state index contributed by atoms with van der Waals surface area (Å²) in [5.41, 5.74) is 4.74. The summed E-state index contributed by atoms with van der Waals surface area (Å²) in [4.78, 5) is 12.5. The van der Waals surface area contributed by atoms with Crippen LogP contribution in [-0.4, -0.2) is 31.5 Å². The summed E-state index contributed by atoms with van der Waals surface area (Å²) in [7, 11) is 0. The molecule has 0 atom stereocenters. The summed E-state index contributed by atoms with van der Waals surface area (Å²) in [5, 5.41) is 22.6. The van der Waals surface area contributed by atoms with Crippen LogP contribution in [-0.2, 0) is 11.3 Å². The zero-order valence-corrected chi connectivity index (χ0v) is 18.8. The average molecular weight is 445 g/mol. The molecule has 1 amide bonds. The van der Waals surface area contributed by atoms with Crippen molar-refractivity contribution in [1.29, 1.82) is 0 Å². The molecule has 32 heavy (non-hydrogen) atoms. The van der Waals surface area contributed by atoms with Gasteiger partial charge in [-0.15, -0.1) is 10.2 Å². The van der Waals surface area contributed by atoms with E-state index in [4.69, 9.17) is 0 Å². The first-order chi connectivity index (χ1) is 15.5. The number of phenols is 1. The Morgan fingerprint density at radius 3 is 2.50 bits per heavy atom. The number of phenolic OH excluding ortho intramolecular Hbond substituents is 1. The van der Waals surface area contributed by atoms with E-state index in [2.05, 4.69) is 21.6 Å². The van der Waals surface area contributed by atoms with Crippen molar-refractivity contribution in [2.45, 2.75) is 25.5 Å². The molecule has 0 saturated carbocycles. The molecule has 3 aromatic carbocycles. The van der Waals surface area contributed by atoms with Gasteiger partial charge >= 0.3 is 0 Å². The van der Waals surface area contributed by atoms with Crippen LogP contribution in [0.3, 0.4) is 0 Å². The average Bonchev–Trinajstić information content (AvgIpc) is 3.20. The molecule has 7 heteroatoms. The van der Waals surface area contributed by atoms with E-state index in [0.29, 0.717) is 23.1 Å². The van der Waals surface area contributed by atoms with Gasteiger partial charge in [0.05, 0.1) is 17.0 Å². The number of benzene rings is 3. The number of aryl methyl sites for hydroxylation is 2. The summed E-state index contributed by atoms with van der Waals surface area (Å²) in [6.45, 7) is 4.55. The minimum Gasteiger partial charge on any atom is -0.507 e. The zero-order chi connectivity index (χ0) is 22.5. The summed E-state index contributed by atoms with van der Waals surface area (Å²) in [6.07, 6.45) is 0. The van der Waals surface area contributed by atoms with Gasteiger partial charge in [-0.25, -0.2) is 0 Å². The van der Waals surface area contributed by atoms with Gasteiger partial charge in [-0.2, -0.15) is 0 Å². The molecular formula is C25H24N4O2S. The van der Waals surface area contributed by atoms with E-state index in [1.54, 1.807) is 18.2 Å². The summed E-state index contributed by atoms with van der Waals surface area (Å²) in [5.74, 6) is 0.778. The van der Waals surface area contributed by atoms with Crippen LogP contribution >= 0.6 is 11.8 Å². The van der Waals surface area contributed by atoms with Crippen LogP contribution in [0.5, 0.6) is 5.75 Å². The Kier molecular flexibility index (Phi) is 6.56. The number of thioether (sulfide) groups is 1. The van der Waals surface area contributed by atoms with Crippen molar-refractivity contribution in [1.82, 2.24) is 20.1 Å². The molecule has 0 aliphatic rings. The van der Waals surface area contributed by atoms with Crippen LogP contribution < -0.4 is 5.32 Å². The van der Waals surface area contributed by atoms with Crippen molar-refractivity contribution < 1.29 is 9.90 Å². The molecule has 0 spiro atoms. The fourth-order valence-electron chi connectivity index (χ4n) is 3.45. The number of nitrogens with zero attached hydrogens (tertiary/aromatic N) is 3. The van der Waals surface area contributed by atoms with Gasteiger partial charge in [0, 0.05) is 6.54 Å². The van der Waals surface area contributed by atoms with E-state index in [-0.39, 0.29) is 17.4 Å². The van der Waals surface area contributed by atoms with Crippen LogP contribution in [0.4, 0.5) is 0 Å². The number of carbonyl (C=O) groups is 1. The number of amides is 1. The molecule has 0 aliphatic carbocycles. The molecule has 4 rings (SSSR count). The number of hydrogen-bond acceptors (Lipinski definition) is 5. The fourth-order valence-corrected chi connectivity index (χ4v) is 4.23. The fraction of sp³-hybridized carbons (Fsp3) is 0.160. The van der Waals surface area contributed by atoms with Gasteiger partial charge in [0.1, 0.15) is 5.75 Å². The van der Waals surface area contributed by atoms with Gasteiger partial charge in [0.2, 0.25) is 5.91 Å². The third-order valence-electron chi connectivity index (χ3n) is 5.04. The van der Waals surface area contributed by atoms with Gasteiger partial charge in [0.15, 0.2) is 11.0 Å². The van der Waals surface area contributed by atoms with Crippen LogP contribution in [0.1, 0.15) is 16.7 Å². The normalized spacial score (nSPS) is 10.8. The Balaban J connectivity index is 1.61. The van der Waals surface area contributed by atoms with Crippen molar-refractivity contribution in [3.05, 3.63) is 89.5 Å². The maximum absolute atomic E-state index is 12.5. The van der Waals surface area contributed by atoms with Crippen LogP contribution in [0.25, 0.3) is 17.1 Å². The Morgan fingerprint density at radius 1 is 1.00 bits per heavy atom. The SMILES string of the molecule is Cc1ccc(-n2c(SCC(=O)NCc3ccccc3)nnc2-c2ccccc2O)c(C)c1. The highest BCUT2D eigenvalue weighted by atomic mass is 32.2. The molecule has 1 heterocycles. The van der Waals surface area contributed by atoms with E-state index < -0.39 is 0 Å². The quantitative estimate of drug-likeness (QED) is 0.405. The Bertz CT molecular complexity index is 1240. The van der Waals surface area contributed by atoms with Crippen molar-refractivity contribution in [2.75, 3.05) is 5.75 Å². The number of aromatic nitrogens is 3. The van der Waals surface area contributed by atoms with Crippen molar-refractivity contribution >= 4 is 17.7 Å². The van der Waals surface area contributed by atoms with Crippen LogP contribution in [0.2, 0.25) is 0 Å². The number of para-hydroxylation sites is 1. The Hall–Kier alpha value is -3.58. The molecule has 0 unspecified atom stereocenters. The highest BCUT2D eigenvalue weighted by Gasteiger charge is 2.20. The predicted molar refractivity (Wildman–Crippen MR) is 127 cm³/mol. The highest BCUT2D eigenvalue weighted by Crippen LogP contribution is 2.33. The van der Waals surface area contributed by atoms with Crippen molar-refractivity contribution in [2.24, 2.45) is 0 Å². The lowest BCUT2D eigenvalue weighted by Crippen LogP contribution is -2.24. The smallest absolute Gasteiger partial charge is 0.230 e. The second kappa shape index (κ2) is 9.70. The van der Waals surface area contributed by atoms with E-state index in [1.807, 2.05) is 66.9 Å². The minimum absolute atomic E-state index is 0.0851. The lowest BCUT2D eigenvalue weighted by atomic mass is 10.1. The van der Waals surface area contributed by atoms with Gasteiger partial charge in [-0.05, 0) is 43.2 Å². The highest BCUT2D eigenvalue weighted by molar-refractivity contribution is 7.99. The molecule has 0 aliphatic heterocycles. The number of nitrogens with one attached hydrogen (secondary N) is 1. The largest absolute Gasteiger partial charge is 0.507 e. The molecule has 2 N–H and O–H groups in total. The van der Waals surface area contributed by atoms with Gasteiger partial charge in [-0.3, -0.25) is 9.36 Å². The molecule has 1 aromatic heterocycles. The molecule has 6 nitrogen and oxygen atoms in total. The third kappa shape index (κ3) is 4.84. The molecule has 162 valence electrons. The molecular weight excluding hydrogens is 420 g/mol. The molecule has 4 aromatic rings. The van der Waals surface area contributed by atoms with E-state index >= 15 is 0 Å². The zero-order valence-electron chi connectivity index (χ0n) is 17.9. The molecule has 0 radical (unpaired) electrons. The van der Waals surface area contributed by atoms with E-state index in [0.717, 1.165) is 22.4 Å². The van der Waals surface area contributed by atoms with Crippen molar-refractivity contribution in [3.63, 3.8) is 0 Å². The predicted octanol–water partition coefficient (Wildman–Crippen LogP) is 4.67. The second-order valence-electron chi connectivity index (χ2n) is 7.50. The molecule has 0 fully saturated rings. The Morgan fingerprint density at radius 2 is 1.75 bits per heavy atom.